The first kappa shape index (κ1) is 20.1. The molecule has 1 heterocycles. The molecule has 1 saturated heterocycles. The van der Waals surface area contributed by atoms with Crippen molar-refractivity contribution in [3.05, 3.63) is 0 Å². The van der Waals surface area contributed by atoms with E-state index in [2.05, 4.69) is 5.32 Å². The second kappa shape index (κ2) is 10.1. The summed E-state index contributed by atoms with van der Waals surface area (Å²) in [5.41, 5.74) is 0. The third-order valence-corrected chi connectivity index (χ3v) is 3.45. The van der Waals surface area contributed by atoms with E-state index in [1.54, 1.807) is 0 Å². The lowest BCUT2D eigenvalue weighted by Crippen LogP contribution is -2.66. The fraction of sp³-hybridized carbons (Fsp3) is 0.750. The highest BCUT2D eigenvalue weighted by molar-refractivity contribution is 5.76. The van der Waals surface area contributed by atoms with Crippen molar-refractivity contribution < 1.29 is 44.6 Å². The van der Waals surface area contributed by atoms with Gasteiger partial charge in [-0.3, -0.25) is 19.2 Å². The topological polar surface area (TPSA) is 137 Å². The molecule has 1 aliphatic heterocycles. The summed E-state index contributed by atoms with van der Waals surface area (Å²) >= 11 is 0. The molecular formula is C16H25NO9. The van der Waals surface area contributed by atoms with Gasteiger partial charge in [-0.15, -0.1) is 0 Å². The van der Waals surface area contributed by atoms with E-state index in [-0.39, 0.29) is 19.9 Å². The van der Waals surface area contributed by atoms with Crippen LogP contribution >= 0.6 is 0 Å². The summed E-state index contributed by atoms with van der Waals surface area (Å²) in [6.45, 7) is 3.10. The van der Waals surface area contributed by atoms with Crippen LogP contribution in [0.25, 0.3) is 0 Å². The predicted octanol–water partition coefficient (Wildman–Crippen LogP) is -0.585. The average Bonchev–Trinajstić information content (AvgIpc) is 2.56. The van der Waals surface area contributed by atoms with Gasteiger partial charge in [0.25, 0.3) is 0 Å². The minimum Gasteiger partial charge on any atom is -0.463 e. The standard InChI is InChI=1S/C16H25NO9/c1-5-6-12(21)17-13-15(25-10(4)20)14(24-9(3)19)11(26-16(13)22)7-23-8(2)18/h11,13-16,22H,5-7H2,1-4H3,(H,17,21)/t11-,13-,14-,15-,16?/m1/s1/i1D. The zero-order valence-corrected chi connectivity index (χ0v) is 14.9. The summed E-state index contributed by atoms with van der Waals surface area (Å²) in [6, 6.07) is -1.22. The van der Waals surface area contributed by atoms with Gasteiger partial charge in [0, 0.05) is 28.6 Å². The van der Waals surface area contributed by atoms with Crippen molar-refractivity contribution in [3.63, 3.8) is 0 Å². The molecule has 1 unspecified atom stereocenters. The number of carbonyl (C=O) groups is 4. The van der Waals surface area contributed by atoms with Crippen LogP contribution in [-0.4, -0.2) is 66.2 Å². The van der Waals surface area contributed by atoms with Gasteiger partial charge in [-0.2, -0.15) is 0 Å². The molecule has 2 N–H and O–H groups in total. The number of amides is 1. The molecule has 0 aromatic rings. The first-order valence-corrected chi connectivity index (χ1v) is 8.05. The lowest BCUT2D eigenvalue weighted by atomic mass is 9.96. The highest BCUT2D eigenvalue weighted by Crippen LogP contribution is 2.26. The third-order valence-electron chi connectivity index (χ3n) is 3.45. The number of aliphatic hydroxyl groups is 1. The van der Waals surface area contributed by atoms with Gasteiger partial charge in [0.2, 0.25) is 5.91 Å². The second-order valence-electron chi connectivity index (χ2n) is 5.71. The summed E-state index contributed by atoms with van der Waals surface area (Å²) in [7, 11) is 0. The smallest absolute Gasteiger partial charge is 0.303 e. The Kier molecular flexibility index (Phi) is 7.79. The van der Waals surface area contributed by atoms with E-state index in [0.29, 0.717) is 6.42 Å². The number of nitrogens with one attached hydrogen (secondary N) is 1. The van der Waals surface area contributed by atoms with Gasteiger partial charge in [-0.25, -0.2) is 0 Å². The molecule has 0 bridgehead atoms. The highest BCUT2D eigenvalue weighted by atomic mass is 16.7. The van der Waals surface area contributed by atoms with Crippen LogP contribution in [0.2, 0.25) is 0 Å². The van der Waals surface area contributed by atoms with E-state index in [4.69, 9.17) is 20.3 Å². The number of hydrogen-bond donors (Lipinski definition) is 2. The molecular weight excluding hydrogens is 350 g/mol. The molecule has 0 radical (unpaired) electrons. The van der Waals surface area contributed by atoms with Crippen molar-refractivity contribution in [2.24, 2.45) is 0 Å². The van der Waals surface area contributed by atoms with Crippen molar-refractivity contribution in [3.8, 4) is 0 Å². The molecule has 10 heteroatoms. The largest absolute Gasteiger partial charge is 0.463 e. The van der Waals surface area contributed by atoms with E-state index in [1.807, 2.05) is 0 Å². The third kappa shape index (κ3) is 6.60. The zero-order chi connectivity index (χ0) is 20.6. The van der Waals surface area contributed by atoms with Crippen LogP contribution in [-0.2, 0) is 38.1 Å². The maximum absolute atomic E-state index is 12.0. The minimum atomic E-state index is -1.61. The van der Waals surface area contributed by atoms with Crippen LogP contribution in [0, 0.1) is 0 Å². The zero-order valence-electron chi connectivity index (χ0n) is 15.9. The molecule has 1 amide bonds. The van der Waals surface area contributed by atoms with E-state index in [0.717, 1.165) is 13.8 Å². The molecule has 10 nitrogen and oxygen atoms in total. The summed E-state index contributed by atoms with van der Waals surface area (Å²) in [5, 5.41) is 12.7. The van der Waals surface area contributed by atoms with Crippen molar-refractivity contribution in [2.45, 2.75) is 71.2 Å². The van der Waals surface area contributed by atoms with Crippen LogP contribution in [0.5, 0.6) is 0 Å². The molecule has 5 atom stereocenters. The van der Waals surface area contributed by atoms with Crippen molar-refractivity contribution in [1.29, 1.82) is 0 Å². The van der Waals surface area contributed by atoms with Gasteiger partial charge in [0.1, 0.15) is 18.8 Å². The summed E-state index contributed by atoms with van der Waals surface area (Å²) in [6.07, 6.45) is -4.89. The van der Waals surface area contributed by atoms with Gasteiger partial charge >= 0.3 is 17.9 Å². The van der Waals surface area contributed by atoms with E-state index >= 15 is 0 Å². The number of carbonyl (C=O) groups excluding carboxylic acids is 4. The Morgan fingerprint density at radius 2 is 1.69 bits per heavy atom. The van der Waals surface area contributed by atoms with Crippen molar-refractivity contribution in [1.82, 2.24) is 5.32 Å². The van der Waals surface area contributed by atoms with Crippen molar-refractivity contribution in [2.75, 3.05) is 6.61 Å². The van der Waals surface area contributed by atoms with Crippen LogP contribution in [0.3, 0.4) is 0 Å². The predicted molar refractivity (Wildman–Crippen MR) is 85.5 cm³/mol. The van der Waals surface area contributed by atoms with Gasteiger partial charge in [-0.1, -0.05) is 6.90 Å². The van der Waals surface area contributed by atoms with Crippen molar-refractivity contribution >= 4 is 23.8 Å². The molecule has 148 valence electrons. The number of aliphatic hydroxyl groups excluding tert-OH is 1. The molecule has 1 aliphatic rings. The normalized spacial score (nSPS) is 28.5. The van der Waals surface area contributed by atoms with Crippen LogP contribution in [0.1, 0.15) is 41.9 Å². The van der Waals surface area contributed by atoms with Gasteiger partial charge in [0.15, 0.2) is 18.5 Å². The molecule has 1 rings (SSSR count). The Hall–Kier alpha value is -2.20. The highest BCUT2D eigenvalue weighted by Gasteiger charge is 2.50. The lowest BCUT2D eigenvalue weighted by Gasteiger charge is -2.43. The first-order chi connectivity index (χ1) is 12.6. The minimum absolute atomic E-state index is 0.0224. The average molecular weight is 376 g/mol. The Morgan fingerprint density at radius 3 is 2.23 bits per heavy atom. The van der Waals surface area contributed by atoms with Gasteiger partial charge in [-0.05, 0) is 6.42 Å². The number of rotatable bonds is 7. The summed E-state index contributed by atoms with van der Waals surface area (Å²) in [5.74, 6) is -2.57. The van der Waals surface area contributed by atoms with Crippen LogP contribution in [0.15, 0.2) is 0 Å². The molecule has 26 heavy (non-hydrogen) atoms. The summed E-state index contributed by atoms with van der Waals surface area (Å²) < 4.78 is 27.6. The maximum atomic E-state index is 12.0. The van der Waals surface area contributed by atoms with Crippen LogP contribution < -0.4 is 5.32 Å². The van der Waals surface area contributed by atoms with E-state index < -0.39 is 54.5 Å². The molecule has 1 fully saturated rings. The fourth-order valence-electron chi connectivity index (χ4n) is 2.49. The second-order valence-corrected chi connectivity index (χ2v) is 5.71. The maximum Gasteiger partial charge on any atom is 0.303 e. The van der Waals surface area contributed by atoms with Gasteiger partial charge < -0.3 is 29.4 Å². The Morgan fingerprint density at radius 1 is 1.08 bits per heavy atom. The molecule has 0 aromatic heterocycles. The quantitative estimate of drug-likeness (QED) is 0.441. The molecule has 0 spiro atoms. The number of esters is 3. The Labute approximate surface area is 152 Å². The lowest BCUT2D eigenvalue weighted by molar-refractivity contribution is -0.264. The molecule has 0 aliphatic carbocycles. The monoisotopic (exact) mass is 376 g/mol. The molecule has 0 saturated carbocycles. The SMILES string of the molecule is [2H]CCCC(=O)N[C@H]1C(O)O[C@H](COC(C)=O)[C@@H](OC(C)=O)[C@@H]1OC(C)=O. The summed E-state index contributed by atoms with van der Waals surface area (Å²) in [4.78, 5) is 46.1. The number of hydrogen-bond acceptors (Lipinski definition) is 9. The number of ether oxygens (including phenoxy) is 4. The van der Waals surface area contributed by atoms with Crippen LogP contribution in [0.4, 0.5) is 0 Å². The van der Waals surface area contributed by atoms with E-state index in [1.165, 1.54) is 6.92 Å². The first-order valence-electron chi connectivity index (χ1n) is 8.76. The Bertz CT molecular complexity index is 556. The fourth-order valence-corrected chi connectivity index (χ4v) is 2.49. The van der Waals surface area contributed by atoms with E-state index in [9.17, 15) is 24.3 Å². The van der Waals surface area contributed by atoms with Gasteiger partial charge in [0.05, 0.1) is 0 Å². The Balaban J connectivity index is 3.07. The molecule has 0 aromatic carbocycles.